The van der Waals surface area contributed by atoms with Gasteiger partial charge in [-0.05, 0) is 47.0 Å². The summed E-state index contributed by atoms with van der Waals surface area (Å²) in [6.07, 6.45) is -0.401. The van der Waals surface area contributed by atoms with E-state index in [0.717, 1.165) is 5.57 Å². The van der Waals surface area contributed by atoms with E-state index >= 15 is 0 Å². The first-order valence-electron chi connectivity index (χ1n) is 8.62. The van der Waals surface area contributed by atoms with Crippen LogP contribution in [0.25, 0.3) is 0 Å². The first-order valence-corrected chi connectivity index (χ1v) is 9.00. The summed E-state index contributed by atoms with van der Waals surface area (Å²) in [5.41, 5.74) is 0.961. The zero-order valence-corrected chi connectivity index (χ0v) is 16.2. The van der Waals surface area contributed by atoms with E-state index in [0.29, 0.717) is 26.1 Å². The summed E-state index contributed by atoms with van der Waals surface area (Å²) in [5, 5.41) is 0. The lowest BCUT2D eigenvalue weighted by Crippen LogP contribution is -2.55. The highest BCUT2D eigenvalue weighted by Gasteiger charge is 2.51. The lowest BCUT2D eigenvalue weighted by Gasteiger charge is -2.42. The number of carbonyl (C=O) groups is 1. The lowest BCUT2D eigenvalue weighted by molar-refractivity contribution is -0.191. The van der Waals surface area contributed by atoms with Gasteiger partial charge in [-0.3, -0.25) is 4.79 Å². The minimum absolute atomic E-state index is 0.0426. The van der Waals surface area contributed by atoms with Crippen molar-refractivity contribution in [2.75, 3.05) is 19.8 Å². The second-order valence-corrected chi connectivity index (χ2v) is 6.92. The number of rotatable bonds is 10. The molecule has 0 spiro atoms. The predicted octanol–water partition coefficient (Wildman–Crippen LogP) is 3.69. The van der Waals surface area contributed by atoms with E-state index in [-0.39, 0.29) is 18.3 Å². The van der Waals surface area contributed by atoms with Crippen LogP contribution in [0.4, 0.5) is 0 Å². The molecule has 2 unspecified atom stereocenters. The monoisotopic (exact) mass is 362 g/mol. The van der Waals surface area contributed by atoms with Gasteiger partial charge in [-0.25, -0.2) is 0 Å². The van der Waals surface area contributed by atoms with E-state index in [4.69, 9.17) is 30.5 Å². The van der Waals surface area contributed by atoms with Crippen molar-refractivity contribution in [2.45, 2.75) is 71.0 Å². The molecule has 140 valence electrons. The van der Waals surface area contributed by atoms with E-state index in [9.17, 15) is 4.79 Å². The number of alkyl halides is 1. The van der Waals surface area contributed by atoms with Gasteiger partial charge < -0.3 is 18.9 Å². The van der Waals surface area contributed by atoms with E-state index < -0.39 is 23.6 Å². The SMILES string of the molecule is C=C(C)[C@H]1CC(=O)[C@](Cl)(COC(C)OCC)[C@H](OC(C)OCC)C1. The van der Waals surface area contributed by atoms with Gasteiger partial charge >= 0.3 is 0 Å². The maximum absolute atomic E-state index is 12.7. The van der Waals surface area contributed by atoms with Crippen molar-refractivity contribution in [3.05, 3.63) is 12.2 Å². The summed E-state index contributed by atoms with van der Waals surface area (Å²) in [7, 11) is 0. The smallest absolute Gasteiger partial charge is 0.159 e. The van der Waals surface area contributed by atoms with E-state index in [2.05, 4.69) is 6.58 Å². The highest BCUT2D eigenvalue weighted by Crippen LogP contribution is 2.40. The molecule has 0 bridgehead atoms. The maximum Gasteiger partial charge on any atom is 0.159 e. The van der Waals surface area contributed by atoms with Gasteiger partial charge in [0.1, 0.15) is 0 Å². The van der Waals surface area contributed by atoms with Gasteiger partial charge in [-0.2, -0.15) is 0 Å². The van der Waals surface area contributed by atoms with Gasteiger partial charge in [0.2, 0.25) is 0 Å². The number of hydrogen-bond donors (Lipinski definition) is 0. The standard InChI is InChI=1S/C18H31ClO5/c1-7-21-13(5)23-11-18(19)16(20)9-15(12(3)4)10-17(18)24-14(6)22-8-2/h13-15,17H,3,7-11H2,1-2,4-6H3/t13?,14?,15-,17+,18+/m0/s1. The predicted molar refractivity (Wildman–Crippen MR) is 94.1 cm³/mol. The lowest BCUT2D eigenvalue weighted by atomic mass is 9.76. The van der Waals surface area contributed by atoms with Crippen LogP contribution in [0.2, 0.25) is 0 Å². The summed E-state index contributed by atoms with van der Waals surface area (Å²) in [6, 6.07) is 0. The molecule has 1 saturated carbocycles. The molecular formula is C18H31ClO5. The highest BCUT2D eigenvalue weighted by molar-refractivity contribution is 6.36. The quantitative estimate of drug-likeness (QED) is 0.337. The van der Waals surface area contributed by atoms with E-state index in [1.54, 1.807) is 13.8 Å². The van der Waals surface area contributed by atoms with Gasteiger partial charge in [0, 0.05) is 19.6 Å². The van der Waals surface area contributed by atoms with Gasteiger partial charge in [0.05, 0.1) is 12.7 Å². The highest BCUT2D eigenvalue weighted by atomic mass is 35.5. The second kappa shape index (κ2) is 9.88. The van der Waals surface area contributed by atoms with Crippen molar-refractivity contribution >= 4 is 17.4 Å². The van der Waals surface area contributed by atoms with Crippen molar-refractivity contribution in [1.29, 1.82) is 0 Å². The van der Waals surface area contributed by atoms with E-state index in [1.807, 2.05) is 20.8 Å². The summed E-state index contributed by atoms with van der Waals surface area (Å²) >= 11 is 6.71. The van der Waals surface area contributed by atoms with Crippen LogP contribution in [0, 0.1) is 5.92 Å². The van der Waals surface area contributed by atoms with Crippen LogP contribution in [0.15, 0.2) is 12.2 Å². The van der Waals surface area contributed by atoms with Crippen LogP contribution in [0.1, 0.15) is 47.5 Å². The Bertz CT molecular complexity index is 428. The minimum atomic E-state index is -1.23. The van der Waals surface area contributed by atoms with Crippen LogP contribution in [-0.4, -0.2) is 49.2 Å². The minimum Gasteiger partial charge on any atom is -0.353 e. The molecule has 0 amide bonds. The number of ketones is 1. The Labute approximate surface area is 150 Å². The van der Waals surface area contributed by atoms with Crippen LogP contribution >= 0.6 is 11.6 Å². The molecule has 24 heavy (non-hydrogen) atoms. The number of allylic oxidation sites excluding steroid dienone is 1. The van der Waals surface area contributed by atoms with Crippen molar-refractivity contribution in [2.24, 2.45) is 5.92 Å². The molecule has 0 aromatic carbocycles. The molecule has 5 atom stereocenters. The third-order valence-electron chi connectivity index (χ3n) is 4.29. The van der Waals surface area contributed by atoms with Gasteiger partial charge in [-0.1, -0.05) is 12.2 Å². The van der Waals surface area contributed by atoms with Crippen LogP contribution in [0.3, 0.4) is 0 Å². The van der Waals surface area contributed by atoms with Crippen molar-refractivity contribution in [3.63, 3.8) is 0 Å². The third kappa shape index (κ3) is 5.81. The molecule has 0 heterocycles. The Hall–Kier alpha value is -0.460. The molecule has 0 aromatic heterocycles. The maximum atomic E-state index is 12.7. The van der Waals surface area contributed by atoms with Crippen LogP contribution < -0.4 is 0 Å². The Morgan fingerprint density at radius 2 is 1.83 bits per heavy atom. The number of halogens is 1. The fraction of sp³-hybridized carbons (Fsp3) is 0.833. The van der Waals surface area contributed by atoms with Gasteiger partial charge in [0.15, 0.2) is 23.2 Å². The zero-order chi connectivity index (χ0) is 18.3. The Balaban J connectivity index is 2.88. The zero-order valence-electron chi connectivity index (χ0n) is 15.5. The molecule has 6 heteroatoms. The van der Waals surface area contributed by atoms with Crippen molar-refractivity contribution < 1.29 is 23.7 Å². The molecule has 0 aliphatic heterocycles. The Morgan fingerprint density at radius 3 is 2.38 bits per heavy atom. The van der Waals surface area contributed by atoms with Crippen LogP contribution in [0.5, 0.6) is 0 Å². The Morgan fingerprint density at radius 1 is 1.25 bits per heavy atom. The molecule has 1 rings (SSSR count). The Kier molecular flexibility index (Phi) is 8.88. The number of ether oxygens (including phenoxy) is 4. The summed E-state index contributed by atoms with van der Waals surface area (Å²) in [5.74, 6) is -0.0201. The fourth-order valence-electron chi connectivity index (χ4n) is 2.84. The normalized spacial score (nSPS) is 30.2. The topological polar surface area (TPSA) is 54.0 Å². The van der Waals surface area contributed by atoms with Crippen LogP contribution in [-0.2, 0) is 23.7 Å². The average molecular weight is 363 g/mol. The molecular weight excluding hydrogens is 332 g/mol. The number of Topliss-reactive ketones (excluding diaryl/α,β-unsaturated/α-hetero) is 1. The number of carbonyl (C=O) groups excluding carboxylic acids is 1. The number of hydrogen-bond acceptors (Lipinski definition) is 5. The largest absolute Gasteiger partial charge is 0.353 e. The van der Waals surface area contributed by atoms with Crippen molar-refractivity contribution in [3.8, 4) is 0 Å². The molecule has 1 fully saturated rings. The third-order valence-corrected chi connectivity index (χ3v) is 4.85. The molecule has 1 aliphatic carbocycles. The first-order chi connectivity index (χ1) is 11.2. The van der Waals surface area contributed by atoms with E-state index in [1.165, 1.54) is 0 Å². The molecule has 0 aromatic rings. The molecule has 5 nitrogen and oxygen atoms in total. The molecule has 0 radical (unpaired) electrons. The summed E-state index contributed by atoms with van der Waals surface area (Å²) in [6.45, 7) is 14.4. The summed E-state index contributed by atoms with van der Waals surface area (Å²) < 4.78 is 22.4. The fourth-order valence-corrected chi connectivity index (χ4v) is 3.12. The van der Waals surface area contributed by atoms with Gasteiger partial charge in [0.25, 0.3) is 0 Å². The summed E-state index contributed by atoms with van der Waals surface area (Å²) in [4.78, 5) is 11.5. The molecule has 1 aliphatic rings. The first kappa shape index (κ1) is 21.6. The second-order valence-electron chi connectivity index (χ2n) is 6.25. The average Bonchev–Trinajstić information content (AvgIpc) is 2.50. The molecule has 0 saturated heterocycles. The van der Waals surface area contributed by atoms with Crippen molar-refractivity contribution in [1.82, 2.24) is 0 Å². The van der Waals surface area contributed by atoms with Gasteiger partial charge in [-0.15, -0.1) is 11.6 Å². The molecule has 0 N–H and O–H groups in total.